The number of hydrogen-bond acceptors (Lipinski definition) is 6. The Morgan fingerprint density at radius 3 is 2.37 bits per heavy atom. The number of methoxy groups -OCH3 is 1. The van der Waals surface area contributed by atoms with E-state index in [1.807, 2.05) is 18.2 Å². The number of hydrogen-bond donors (Lipinski definition) is 3. The molecule has 2 aromatic rings. The van der Waals surface area contributed by atoms with Crippen LogP contribution in [0, 0.1) is 0 Å². The van der Waals surface area contributed by atoms with Crippen molar-refractivity contribution in [1.29, 1.82) is 0 Å². The summed E-state index contributed by atoms with van der Waals surface area (Å²) in [5, 5.41) is 4.93. The minimum atomic E-state index is -1.19. The molecule has 0 aliphatic heterocycles. The van der Waals surface area contributed by atoms with Crippen LogP contribution < -0.4 is 16.4 Å². The number of alkyl carbamates (subject to hydrolysis) is 1. The summed E-state index contributed by atoms with van der Waals surface area (Å²) in [4.78, 5) is 36.0. The molecule has 0 spiro atoms. The second-order valence-electron chi connectivity index (χ2n) is 5.62. The van der Waals surface area contributed by atoms with Crippen LogP contribution >= 0.6 is 0 Å². The van der Waals surface area contributed by atoms with Crippen molar-refractivity contribution in [3.63, 3.8) is 0 Å². The Morgan fingerprint density at radius 2 is 1.70 bits per heavy atom. The van der Waals surface area contributed by atoms with Gasteiger partial charge in [0.15, 0.2) is 0 Å². The summed E-state index contributed by atoms with van der Waals surface area (Å²) < 4.78 is 9.70. The third-order valence-electron chi connectivity index (χ3n) is 3.61. The van der Waals surface area contributed by atoms with Gasteiger partial charge in [-0.15, -0.1) is 0 Å². The SMILES string of the molecule is COC(=O)C(CC(=O)Nc1ccccc1N)NC(=O)OCc1ccccc1. The molecule has 0 aliphatic carbocycles. The molecule has 0 bridgehead atoms. The number of carbonyl (C=O) groups is 3. The van der Waals surface area contributed by atoms with Crippen molar-refractivity contribution in [2.45, 2.75) is 19.1 Å². The summed E-state index contributed by atoms with van der Waals surface area (Å²) in [6, 6.07) is 14.6. The van der Waals surface area contributed by atoms with E-state index in [-0.39, 0.29) is 13.0 Å². The van der Waals surface area contributed by atoms with Gasteiger partial charge in [-0.3, -0.25) is 4.79 Å². The van der Waals surface area contributed by atoms with E-state index in [0.29, 0.717) is 11.4 Å². The highest BCUT2D eigenvalue weighted by Gasteiger charge is 2.25. The highest BCUT2D eigenvalue weighted by molar-refractivity contribution is 5.97. The van der Waals surface area contributed by atoms with Gasteiger partial charge in [-0.1, -0.05) is 42.5 Å². The lowest BCUT2D eigenvalue weighted by atomic mass is 10.2. The zero-order valence-corrected chi connectivity index (χ0v) is 14.8. The highest BCUT2D eigenvalue weighted by atomic mass is 16.6. The Bertz CT molecular complexity index is 795. The zero-order valence-electron chi connectivity index (χ0n) is 14.8. The van der Waals surface area contributed by atoms with Crippen molar-refractivity contribution in [1.82, 2.24) is 5.32 Å². The van der Waals surface area contributed by atoms with Crippen LogP contribution in [0.15, 0.2) is 54.6 Å². The molecule has 2 aromatic carbocycles. The van der Waals surface area contributed by atoms with Gasteiger partial charge in [-0.2, -0.15) is 0 Å². The first kappa shape index (κ1) is 19.8. The fraction of sp³-hybridized carbons (Fsp3) is 0.211. The van der Waals surface area contributed by atoms with Gasteiger partial charge in [0.1, 0.15) is 12.6 Å². The van der Waals surface area contributed by atoms with Gasteiger partial charge in [-0.05, 0) is 17.7 Å². The maximum absolute atomic E-state index is 12.2. The first-order chi connectivity index (χ1) is 13.0. The monoisotopic (exact) mass is 371 g/mol. The number of benzene rings is 2. The van der Waals surface area contributed by atoms with E-state index in [1.54, 1.807) is 36.4 Å². The van der Waals surface area contributed by atoms with Crippen LogP contribution in [0.1, 0.15) is 12.0 Å². The number of amides is 2. The van der Waals surface area contributed by atoms with Crippen LogP contribution in [0.3, 0.4) is 0 Å². The quantitative estimate of drug-likeness (QED) is 0.506. The van der Waals surface area contributed by atoms with Gasteiger partial charge in [-0.25, -0.2) is 9.59 Å². The van der Waals surface area contributed by atoms with Crippen LogP contribution in [0.25, 0.3) is 0 Å². The first-order valence-corrected chi connectivity index (χ1v) is 8.19. The Morgan fingerprint density at radius 1 is 1.04 bits per heavy atom. The predicted octanol–water partition coefficient (Wildman–Crippen LogP) is 2.07. The summed E-state index contributed by atoms with van der Waals surface area (Å²) in [6.45, 7) is 0.0350. The van der Waals surface area contributed by atoms with Crippen LogP contribution in [0.4, 0.5) is 16.2 Å². The van der Waals surface area contributed by atoms with Crippen molar-refractivity contribution < 1.29 is 23.9 Å². The van der Waals surface area contributed by atoms with E-state index in [2.05, 4.69) is 15.4 Å². The molecule has 0 saturated heterocycles. The molecule has 4 N–H and O–H groups in total. The molecule has 142 valence electrons. The van der Waals surface area contributed by atoms with E-state index in [4.69, 9.17) is 10.5 Å². The number of carbonyl (C=O) groups excluding carboxylic acids is 3. The molecule has 0 radical (unpaired) electrons. The number of nitrogens with one attached hydrogen (secondary N) is 2. The topological polar surface area (TPSA) is 120 Å². The third kappa shape index (κ3) is 6.35. The molecular formula is C19H21N3O5. The number of para-hydroxylation sites is 2. The summed E-state index contributed by atoms with van der Waals surface area (Å²) in [5.74, 6) is -1.27. The first-order valence-electron chi connectivity index (χ1n) is 8.19. The lowest BCUT2D eigenvalue weighted by Gasteiger charge is -2.16. The molecule has 0 aliphatic rings. The largest absolute Gasteiger partial charge is 0.467 e. The molecule has 27 heavy (non-hydrogen) atoms. The average molecular weight is 371 g/mol. The Balaban J connectivity index is 1.92. The van der Waals surface area contributed by atoms with Gasteiger partial charge < -0.3 is 25.8 Å². The molecule has 2 amide bonds. The molecule has 8 heteroatoms. The smallest absolute Gasteiger partial charge is 0.408 e. The van der Waals surface area contributed by atoms with Crippen molar-refractivity contribution in [3.8, 4) is 0 Å². The van der Waals surface area contributed by atoms with Crippen molar-refractivity contribution >= 4 is 29.3 Å². The Kier molecular flexibility index (Phi) is 7.18. The lowest BCUT2D eigenvalue weighted by molar-refractivity contribution is -0.144. The van der Waals surface area contributed by atoms with Gasteiger partial charge in [0, 0.05) is 0 Å². The van der Waals surface area contributed by atoms with E-state index < -0.39 is 24.0 Å². The Hall–Kier alpha value is -3.55. The number of anilines is 2. The number of nitrogens with two attached hydrogens (primary N) is 1. The average Bonchev–Trinajstić information content (AvgIpc) is 2.68. The van der Waals surface area contributed by atoms with Crippen LogP contribution in [-0.4, -0.2) is 31.1 Å². The summed E-state index contributed by atoms with van der Waals surface area (Å²) in [7, 11) is 1.17. The third-order valence-corrected chi connectivity index (χ3v) is 3.61. The number of esters is 1. The molecule has 0 fully saturated rings. The molecule has 2 rings (SSSR count). The van der Waals surface area contributed by atoms with Gasteiger partial charge in [0.05, 0.1) is 24.9 Å². The van der Waals surface area contributed by atoms with Gasteiger partial charge in [0.25, 0.3) is 0 Å². The minimum Gasteiger partial charge on any atom is -0.467 e. The van der Waals surface area contributed by atoms with E-state index >= 15 is 0 Å². The molecule has 1 atom stereocenters. The normalized spacial score (nSPS) is 11.1. The molecule has 0 saturated carbocycles. The minimum absolute atomic E-state index is 0.0350. The number of nitrogen functional groups attached to an aromatic ring is 1. The summed E-state index contributed by atoms with van der Waals surface area (Å²) in [5.41, 5.74) is 7.36. The van der Waals surface area contributed by atoms with E-state index in [9.17, 15) is 14.4 Å². The van der Waals surface area contributed by atoms with Crippen molar-refractivity contribution in [2.75, 3.05) is 18.2 Å². The molecular weight excluding hydrogens is 350 g/mol. The maximum Gasteiger partial charge on any atom is 0.408 e. The standard InChI is InChI=1S/C19H21N3O5/c1-26-18(24)16(11-17(23)21-15-10-6-5-9-14(15)20)22-19(25)27-12-13-7-3-2-4-8-13/h2-10,16H,11-12,20H2,1H3,(H,21,23)(H,22,25). The van der Waals surface area contributed by atoms with Gasteiger partial charge >= 0.3 is 12.1 Å². The second kappa shape index (κ2) is 9.81. The summed E-state index contributed by atoms with van der Waals surface area (Å²) >= 11 is 0. The van der Waals surface area contributed by atoms with Crippen LogP contribution in [0.2, 0.25) is 0 Å². The van der Waals surface area contributed by atoms with Crippen molar-refractivity contribution in [2.24, 2.45) is 0 Å². The second-order valence-corrected chi connectivity index (χ2v) is 5.62. The van der Waals surface area contributed by atoms with Crippen LogP contribution in [-0.2, 0) is 25.7 Å². The van der Waals surface area contributed by atoms with Gasteiger partial charge in [0.2, 0.25) is 5.91 Å². The number of rotatable bonds is 7. The fourth-order valence-corrected chi connectivity index (χ4v) is 2.24. The molecule has 1 unspecified atom stereocenters. The number of ether oxygens (including phenoxy) is 2. The molecule has 8 nitrogen and oxygen atoms in total. The van der Waals surface area contributed by atoms with E-state index in [1.165, 1.54) is 7.11 Å². The fourth-order valence-electron chi connectivity index (χ4n) is 2.24. The molecule has 0 heterocycles. The predicted molar refractivity (Wildman–Crippen MR) is 99.7 cm³/mol. The van der Waals surface area contributed by atoms with E-state index in [0.717, 1.165) is 5.56 Å². The molecule has 0 aromatic heterocycles. The van der Waals surface area contributed by atoms with Crippen molar-refractivity contribution in [3.05, 3.63) is 60.2 Å². The zero-order chi connectivity index (χ0) is 19.6. The maximum atomic E-state index is 12.2. The van der Waals surface area contributed by atoms with Crippen LogP contribution in [0.5, 0.6) is 0 Å². The lowest BCUT2D eigenvalue weighted by Crippen LogP contribution is -2.44. The highest BCUT2D eigenvalue weighted by Crippen LogP contribution is 2.17. The Labute approximate surface area is 156 Å². The summed E-state index contributed by atoms with van der Waals surface area (Å²) in [6.07, 6.45) is -1.16.